The summed E-state index contributed by atoms with van der Waals surface area (Å²) in [5.74, 6) is 0.948. The van der Waals surface area contributed by atoms with Crippen LogP contribution in [0.15, 0.2) is 28.7 Å². The lowest BCUT2D eigenvalue weighted by atomic mass is 10.1. The standard InChI is InChI=1S/C16H23NO2/c1-5-13(18-6-2)16(17-4)15-10-12-9-11(3)7-8-14(12)19-15/h7-10,13,16-17H,5-6H2,1-4H3. The monoisotopic (exact) mass is 261 g/mol. The van der Waals surface area contributed by atoms with E-state index in [0.717, 1.165) is 29.8 Å². The first-order chi connectivity index (χ1) is 9.19. The Morgan fingerprint density at radius 2 is 2.05 bits per heavy atom. The van der Waals surface area contributed by atoms with Gasteiger partial charge in [-0.05, 0) is 45.5 Å². The number of aryl methyl sites for hydroxylation is 1. The molecule has 3 nitrogen and oxygen atoms in total. The molecule has 0 aliphatic rings. The summed E-state index contributed by atoms with van der Waals surface area (Å²) >= 11 is 0. The number of ether oxygens (including phenoxy) is 1. The maximum atomic E-state index is 5.96. The molecule has 2 atom stereocenters. The average molecular weight is 261 g/mol. The van der Waals surface area contributed by atoms with Gasteiger partial charge in [0.05, 0.1) is 12.1 Å². The largest absolute Gasteiger partial charge is 0.459 e. The van der Waals surface area contributed by atoms with Gasteiger partial charge in [-0.3, -0.25) is 0 Å². The van der Waals surface area contributed by atoms with Gasteiger partial charge in [-0.15, -0.1) is 0 Å². The van der Waals surface area contributed by atoms with E-state index in [1.54, 1.807) is 0 Å². The predicted molar refractivity (Wildman–Crippen MR) is 78.5 cm³/mol. The second kappa shape index (κ2) is 6.22. The zero-order valence-corrected chi connectivity index (χ0v) is 12.2. The van der Waals surface area contributed by atoms with Gasteiger partial charge in [0, 0.05) is 12.0 Å². The first-order valence-corrected chi connectivity index (χ1v) is 6.98. The highest BCUT2D eigenvalue weighted by Gasteiger charge is 2.24. The van der Waals surface area contributed by atoms with Crippen LogP contribution in [0.2, 0.25) is 0 Å². The van der Waals surface area contributed by atoms with E-state index in [4.69, 9.17) is 9.15 Å². The van der Waals surface area contributed by atoms with Crippen molar-refractivity contribution in [2.45, 2.75) is 39.3 Å². The molecular formula is C16H23NO2. The van der Waals surface area contributed by atoms with Crippen molar-refractivity contribution in [1.29, 1.82) is 0 Å². The number of nitrogens with one attached hydrogen (secondary N) is 1. The number of likely N-dealkylation sites (N-methyl/N-ethyl adjacent to an activating group) is 1. The SMILES string of the molecule is CCOC(CC)C(NC)c1cc2cc(C)ccc2o1. The Hall–Kier alpha value is -1.32. The van der Waals surface area contributed by atoms with E-state index in [1.807, 2.05) is 20.0 Å². The van der Waals surface area contributed by atoms with Crippen LogP contribution in [0.1, 0.15) is 37.6 Å². The van der Waals surface area contributed by atoms with Crippen LogP contribution < -0.4 is 5.32 Å². The van der Waals surface area contributed by atoms with Crippen LogP contribution in [-0.4, -0.2) is 19.8 Å². The second-order valence-electron chi connectivity index (χ2n) is 4.86. The molecule has 0 amide bonds. The highest BCUT2D eigenvalue weighted by molar-refractivity contribution is 5.78. The van der Waals surface area contributed by atoms with E-state index in [2.05, 4.69) is 37.4 Å². The summed E-state index contributed by atoms with van der Waals surface area (Å²) in [7, 11) is 1.95. The van der Waals surface area contributed by atoms with Gasteiger partial charge in [0.1, 0.15) is 11.3 Å². The summed E-state index contributed by atoms with van der Waals surface area (Å²) in [6.07, 6.45) is 1.09. The fourth-order valence-corrected chi connectivity index (χ4v) is 2.51. The van der Waals surface area contributed by atoms with Crippen molar-refractivity contribution >= 4 is 11.0 Å². The van der Waals surface area contributed by atoms with Gasteiger partial charge in [0.15, 0.2) is 0 Å². The summed E-state index contributed by atoms with van der Waals surface area (Å²) < 4.78 is 11.8. The van der Waals surface area contributed by atoms with Gasteiger partial charge in [-0.1, -0.05) is 18.6 Å². The highest BCUT2D eigenvalue weighted by atomic mass is 16.5. The first kappa shape index (κ1) is 14.1. The molecule has 0 spiro atoms. The zero-order chi connectivity index (χ0) is 13.8. The molecule has 1 N–H and O–H groups in total. The van der Waals surface area contributed by atoms with Crippen molar-refractivity contribution in [3.63, 3.8) is 0 Å². The molecule has 19 heavy (non-hydrogen) atoms. The van der Waals surface area contributed by atoms with Crippen molar-refractivity contribution in [2.75, 3.05) is 13.7 Å². The summed E-state index contributed by atoms with van der Waals surface area (Å²) in [5.41, 5.74) is 2.19. The molecule has 0 aliphatic carbocycles. The number of rotatable bonds is 6. The van der Waals surface area contributed by atoms with E-state index in [9.17, 15) is 0 Å². The quantitative estimate of drug-likeness (QED) is 0.858. The Bertz CT molecular complexity index is 533. The van der Waals surface area contributed by atoms with E-state index in [0.29, 0.717) is 0 Å². The molecule has 1 aromatic heterocycles. The minimum Gasteiger partial charge on any atom is -0.459 e. The van der Waals surface area contributed by atoms with Gasteiger partial charge in [0.2, 0.25) is 0 Å². The maximum absolute atomic E-state index is 5.96. The molecule has 0 radical (unpaired) electrons. The molecule has 1 aromatic carbocycles. The normalized spacial score (nSPS) is 14.7. The fourth-order valence-electron chi connectivity index (χ4n) is 2.51. The van der Waals surface area contributed by atoms with Crippen molar-refractivity contribution < 1.29 is 9.15 Å². The molecule has 0 saturated carbocycles. The Morgan fingerprint density at radius 3 is 2.68 bits per heavy atom. The summed E-state index contributed by atoms with van der Waals surface area (Å²) in [6, 6.07) is 8.46. The first-order valence-electron chi connectivity index (χ1n) is 6.98. The van der Waals surface area contributed by atoms with Gasteiger partial charge < -0.3 is 14.5 Å². The predicted octanol–water partition coefficient (Wildman–Crippen LogP) is 3.82. The minimum atomic E-state index is 0.0951. The summed E-state index contributed by atoms with van der Waals surface area (Å²) in [6.45, 7) is 6.97. The molecule has 2 aromatic rings. The van der Waals surface area contributed by atoms with Crippen LogP contribution in [-0.2, 0) is 4.74 Å². The molecule has 0 fully saturated rings. The van der Waals surface area contributed by atoms with Crippen molar-refractivity contribution in [2.24, 2.45) is 0 Å². The molecule has 0 bridgehead atoms. The van der Waals surface area contributed by atoms with Gasteiger partial charge in [-0.25, -0.2) is 0 Å². The molecule has 0 saturated heterocycles. The van der Waals surface area contributed by atoms with E-state index in [-0.39, 0.29) is 12.1 Å². The number of benzene rings is 1. The smallest absolute Gasteiger partial charge is 0.134 e. The van der Waals surface area contributed by atoms with Crippen molar-refractivity contribution in [3.8, 4) is 0 Å². The van der Waals surface area contributed by atoms with Crippen LogP contribution >= 0.6 is 0 Å². The fraction of sp³-hybridized carbons (Fsp3) is 0.500. The van der Waals surface area contributed by atoms with E-state index < -0.39 is 0 Å². The third-order valence-electron chi connectivity index (χ3n) is 3.46. The molecule has 1 heterocycles. The van der Waals surface area contributed by atoms with Crippen LogP contribution in [0.5, 0.6) is 0 Å². The number of fused-ring (bicyclic) bond motifs is 1. The average Bonchev–Trinajstić information content (AvgIpc) is 2.81. The molecule has 2 unspecified atom stereocenters. The molecular weight excluding hydrogens is 238 g/mol. The topological polar surface area (TPSA) is 34.4 Å². The van der Waals surface area contributed by atoms with Crippen LogP contribution in [0.4, 0.5) is 0 Å². The Labute approximate surface area is 114 Å². The van der Waals surface area contributed by atoms with E-state index in [1.165, 1.54) is 5.56 Å². The summed E-state index contributed by atoms with van der Waals surface area (Å²) in [4.78, 5) is 0. The Morgan fingerprint density at radius 1 is 1.26 bits per heavy atom. The van der Waals surface area contributed by atoms with Gasteiger partial charge >= 0.3 is 0 Å². The maximum Gasteiger partial charge on any atom is 0.134 e. The lowest BCUT2D eigenvalue weighted by Crippen LogP contribution is -2.31. The lowest BCUT2D eigenvalue weighted by molar-refractivity contribution is 0.0283. The molecule has 104 valence electrons. The van der Waals surface area contributed by atoms with E-state index >= 15 is 0 Å². The Balaban J connectivity index is 2.34. The third-order valence-corrected chi connectivity index (χ3v) is 3.46. The lowest BCUT2D eigenvalue weighted by Gasteiger charge is -2.23. The number of hydrogen-bond donors (Lipinski definition) is 1. The molecule has 0 aliphatic heterocycles. The second-order valence-corrected chi connectivity index (χ2v) is 4.86. The minimum absolute atomic E-state index is 0.0951. The number of hydrogen-bond acceptors (Lipinski definition) is 3. The third kappa shape index (κ3) is 2.99. The van der Waals surface area contributed by atoms with Crippen molar-refractivity contribution in [3.05, 3.63) is 35.6 Å². The van der Waals surface area contributed by atoms with Crippen molar-refractivity contribution in [1.82, 2.24) is 5.32 Å². The number of furan rings is 1. The Kier molecular flexibility index (Phi) is 4.61. The summed E-state index contributed by atoms with van der Waals surface area (Å²) in [5, 5.41) is 4.47. The van der Waals surface area contributed by atoms with Gasteiger partial charge in [0.25, 0.3) is 0 Å². The molecule has 2 rings (SSSR count). The van der Waals surface area contributed by atoms with Crippen LogP contribution in [0, 0.1) is 6.92 Å². The van der Waals surface area contributed by atoms with Gasteiger partial charge in [-0.2, -0.15) is 0 Å². The molecule has 3 heteroatoms. The zero-order valence-electron chi connectivity index (χ0n) is 12.2. The highest BCUT2D eigenvalue weighted by Crippen LogP contribution is 2.28. The van der Waals surface area contributed by atoms with Crippen LogP contribution in [0.3, 0.4) is 0 Å². The van der Waals surface area contributed by atoms with Crippen LogP contribution in [0.25, 0.3) is 11.0 Å².